The zero-order valence-electron chi connectivity index (χ0n) is 9.30. The normalized spacial score (nSPS) is 49.2. The lowest BCUT2D eigenvalue weighted by Gasteiger charge is -2.20. The molecule has 2 rings (SSSR count). The van der Waals surface area contributed by atoms with Crippen molar-refractivity contribution in [3.63, 3.8) is 0 Å². The molecule has 0 aromatic rings. The van der Waals surface area contributed by atoms with E-state index >= 15 is 0 Å². The minimum Gasteiger partial charge on any atom is -0.389 e. The summed E-state index contributed by atoms with van der Waals surface area (Å²) in [6.07, 6.45) is 3.49. The third-order valence-corrected chi connectivity index (χ3v) is 4.16. The van der Waals surface area contributed by atoms with Gasteiger partial charge in [0, 0.05) is 0 Å². The quantitative estimate of drug-likeness (QED) is 0.696. The third kappa shape index (κ3) is 1.41. The van der Waals surface area contributed by atoms with Crippen LogP contribution in [0.3, 0.4) is 0 Å². The lowest BCUT2D eigenvalue weighted by atomic mass is 9.87. The number of aliphatic hydroxyl groups is 1. The molecule has 0 amide bonds. The molecule has 13 heavy (non-hydrogen) atoms. The van der Waals surface area contributed by atoms with Crippen LogP contribution in [0.15, 0.2) is 0 Å². The van der Waals surface area contributed by atoms with Crippen LogP contribution in [-0.4, -0.2) is 10.7 Å². The van der Waals surface area contributed by atoms with E-state index in [0.717, 1.165) is 18.8 Å². The predicted molar refractivity (Wildman–Crippen MR) is 54.4 cm³/mol. The minimum atomic E-state index is -0.243. The highest BCUT2D eigenvalue weighted by atomic mass is 16.3. The van der Waals surface area contributed by atoms with Crippen molar-refractivity contribution in [2.75, 3.05) is 0 Å². The Morgan fingerprint density at radius 3 is 2.31 bits per heavy atom. The molecule has 4 atom stereocenters. The minimum absolute atomic E-state index is 0.243. The fourth-order valence-electron chi connectivity index (χ4n) is 2.99. The molecule has 0 heterocycles. The van der Waals surface area contributed by atoms with Crippen molar-refractivity contribution in [2.45, 2.75) is 52.6 Å². The van der Waals surface area contributed by atoms with E-state index in [1.165, 1.54) is 6.42 Å². The zero-order chi connectivity index (χ0) is 9.85. The fourth-order valence-corrected chi connectivity index (χ4v) is 2.99. The predicted octanol–water partition coefficient (Wildman–Crippen LogP) is 2.83. The Morgan fingerprint density at radius 2 is 2.00 bits per heavy atom. The molecule has 1 heteroatoms. The first-order valence-electron chi connectivity index (χ1n) is 5.62. The van der Waals surface area contributed by atoms with Crippen molar-refractivity contribution in [3.05, 3.63) is 0 Å². The lowest BCUT2D eigenvalue weighted by molar-refractivity contribution is 0.0898. The maximum Gasteiger partial charge on any atom is 0.0711 e. The molecule has 1 nitrogen and oxygen atoms in total. The summed E-state index contributed by atoms with van der Waals surface area (Å²) in [6.45, 7) is 9.08. The molecule has 4 unspecified atom stereocenters. The standard InChI is InChI=1S/C12H22O/c1-5-8-7-12(8,13)10-6-9(10)11(2,3)4/h8-10,13H,5-7H2,1-4H3. The Hall–Kier alpha value is -0.0400. The van der Waals surface area contributed by atoms with Crippen LogP contribution in [0, 0.1) is 23.2 Å². The first-order chi connectivity index (χ1) is 5.89. The van der Waals surface area contributed by atoms with E-state index in [4.69, 9.17) is 0 Å². The highest BCUT2D eigenvalue weighted by Gasteiger charge is 2.66. The van der Waals surface area contributed by atoms with E-state index in [-0.39, 0.29) is 5.60 Å². The van der Waals surface area contributed by atoms with Crippen LogP contribution in [0.4, 0.5) is 0 Å². The maximum absolute atomic E-state index is 10.3. The molecule has 0 bridgehead atoms. The van der Waals surface area contributed by atoms with Gasteiger partial charge in [0.2, 0.25) is 0 Å². The zero-order valence-corrected chi connectivity index (χ0v) is 9.30. The first-order valence-corrected chi connectivity index (χ1v) is 5.62. The summed E-state index contributed by atoms with van der Waals surface area (Å²) < 4.78 is 0. The molecule has 0 radical (unpaired) electrons. The summed E-state index contributed by atoms with van der Waals surface area (Å²) in [6, 6.07) is 0. The van der Waals surface area contributed by atoms with Gasteiger partial charge < -0.3 is 5.11 Å². The van der Waals surface area contributed by atoms with Gasteiger partial charge in [-0.3, -0.25) is 0 Å². The van der Waals surface area contributed by atoms with Crippen molar-refractivity contribution in [1.29, 1.82) is 0 Å². The number of hydrogen-bond acceptors (Lipinski definition) is 1. The molecule has 0 spiro atoms. The third-order valence-electron chi connectivity index (χ3n) is 4.16. The van der Waals surface area contributed by atoms with Crippen LogP contribution >= 0.6 is 0 Å². The van der Waals surface area contributed by atoms with Gasteiger partial charge >= 0.3 is 0 Å². The largest absolute Gasteiger partial charge is 0.389 e. The van der Waals surface area contributed by atoms with Crippen molar-refractivity contribution < 1.29 is 5.11 Å². The Morgan fingerprint density at radius 1 is 1.38 bits per heavy atom. The topological polar surface area (TPSA) is 20.2 Å². The Balaban J connectivity index is 1.94. The number of rotatable bonds is 2. The second-order valence-corrected chi connectivity index (χ2v) is 6.12. The monoisotopic (exact) mass is 182 g/mol. The second-order valence-electron chi connectivity index (χ2n) is 6.12. The molecule has 0 aromatic carbocycles. The van der Waals surface area contributed by atoms with Gasteiger partial charge in [-0.15, -0.1) is 0 Å². The van der Waals surface area contributed by atoms with Gasteiger partial charge in [-0.25, -0.2) is 0 Å². The molecule has 2 fully saturated rings. The molecular formula is C12H22O. The van der Waals surface area contributed by atoms with Crippen LogP contribution in [0.5, 0.6) is 0 Å². The Bertz CT molecular complexity index is 216. The average molecular weight is 182 g/mol. The van der Waals surface area contributed by atoms with Crippen molar-refractivity contribution in [1.82, 2.24) is 0 Å². The summed E-state index contributed by atoms with van der Waals surface area (Å²) in [5, 5.41) is 10.3. The summed E-state index contributed by atoms with van der Waals surface area (Å²) in [5.74, 6) is 2.01. The number of hydrogen-bond donors (Lipinski definition) is 1. The van der Waals surface area contributed by atoms with Gasteiger partial charge in [0.05, 0.1) is 5.60 Å². The van der Waals surface area contributed by atoms with Gasteiger partial charge in [-0.1, -0.05) is 34.1 Å². The van der Waals surface area contributed by atoms with E-state index in [1.807, 2.05) is 0 Å². The highest BCUT2D eigenvalue weighted by molar-refractivity contribution is 5.16. The molecule has 2 aliphatic carbocycles. The molecule has 2 saturated carbocycles. The molecule has 0 aliphatic heterocycles. The lowest BCUT2D eigenvalue weighted by Crippen LogP contribution is -2.20. The van der Waals surface area contributed by atoms with E-state index in [1.54, 1.807) is 0 Å². The average Bonchev–Trinajstić information content (AvgIpc) is 2.75. The van der Waals surface area contributed by atoms with Crippen LogP contribution in [0.1, 0.15) is 47.0 Å². The molecular weight excluding hydrogens is 160 g/mol. The Labute approximate surface area is 81.5 Å². The highest BCUT2D eigenvalue weighted by Crippen LogP contribution is 2.65. The van der Waals surface area contributed by atoms with Gasteiger partial charge in [0.25, 0.3) is 0 Å². The fraction of sp³-hybridized carbons (Fsp3) is 1.00. The SMILES string of the molecule is CCC1CC1(O)C1CC1C(C)(C)C. The second kappa shape index (κ2) is 2.50. The van der Waals surface area contributed by atoms with Gasteiger partial charge in [-0.05, 0) is 36.0 Å². The summed E-state index contributed by atoms with van der Waals surface area (Å²) in [7, 11) is 0. The van der Waals surface area contributed by atoms with Crippen LogP contribution in [-0.2, 0) is 0 Å². The first kappa shape index (κ1) is 9.51. The Kier molecular flexibility index (Phi) is 1.83. The molecule has 0 aromatic heterocycles. The van der Waals surface area contributed by atoms with E-state index < -0.39 is 0 Å². The smallest absolute Gasteiger partial charge is 0.0711 e. The van der Waals surface area contributed by atoms with Crippen LogP contribution < -0.4 is 0 Å². The molecule has 76 valence electrons. The molecule has 1 N–H and O–H groups in total. The molecule has 0 saturated heterocycles. The summed E-state index contributed by atoms with van der Waals surface area (Å²) >= 11 is 0. The van der Waals surface area contributed by atoms with Gasteiger partial charge in [0.1, 0.15) is 0 Å². The summed E-state index contributed by atoms with van der Waals surface area (Å²) in [4.78, 5) is 0. The van der Waals surface area contributed by atoms with Crippen molar-refractivity contribution >= 4 is 0 Å². The summed E-state index contributed by atoms with van der Waals surface area (Å²) in [5.41, 5.74) is 0.161. The van der Waals surface area contributed by atoms with Crippen molar-refractivity contribution in [3.8, 4) is 0 Å². The van der Waals surface area contributed by atoms with Gasteiger partial charge in [-0.2, -0.15) is 0 Å². The molecule has 2 aliphatic rings. The van der Waals surface area contributed by atoms with E-state index in [2.05, 4.69) is 27.7 Å². The van der Waals surface area contributed by atoms with Crippen molar-refractivity contribution in [2.24, 2.45) is 23.2 Å². The van der Waals surface area contributed by atoms with Crippen LogP contribution in [0.25, 0.3) is 0 Å². The maximum atomic E-state index is 10.3. The van der Waals surface area contributed by atoms with Crippen LogP contribution in [0.2, 0.25) is 0 Å². The van der Waals surface area contributed by atoms with Gasteiger partial charge in [0.15, 0.2) is 0 Å². The van der Waals surface area contributed by atoms with E-state index in [9.17, 15) is 5.11 Å². The van der Waals surface area contributed by atoms with E-state index in [0.29, 0.717) is 17.3 Å².